The molecule has 0 fully saturated rings. The van der Waals surface area contributed by atoms with E-state index in [4.69, 9.17) is 11.6 Å². The fraction of sp³-hybridized carbons (Fsp3) is 0. The third kappa shape index (κ3) is 1.69. The quantitative estimate of drug-likeness (QED) is 0.581. The van der Waals surface area contributed by atoms with Gasteiger partial charge < -0.3 is 15.2 Å². The molecular formula is C14H10ClNO2. The molecule has 0 aliphatic carbocycles. The molecule has 2 aromatic carbocycles. The van der Waals surface area contributed by atoms with E-state index in [0.717, 1.165) is 11.3 Å². The summed E-state index contributed by atoms with van der Waals surface area (Å²) in [5.41, 5.74) is 2.29. The number of rotatable bonds is 1. The lowest BCUT2D eigenvalue weighted by Crippen LogP contribution is -1.76. The topological polar surface area (TPSA) is 56.2 Å². The summed E-state index contributed by atoms with van der Waals surface area (Å²) in [5, 5.41) is 20.7. The standard InChI is InChI=1S/C14H10ClNO2/c15-9-3-1-8(2-4-9)11-7-10-12(17)5-6-13(18)14(10)16-11/h1-7,16-18H. The number of nitrogens with one attached hydrogen (secondary N) is 1. The van der Waals surface area contributed by atoms with E-state index >= 15 is 0 Å². The molecule has 0 atom stereocenters. The molecule has 0 aliphatic rings. The Kier molecular flexibility index (Phi) is 2.42. The molecule has 3 N–H and O–H groups in total. The van der Waals surface area contributed by atoms with E-state index < -0.39 is 0 Å². The molecule has 4 heteroatoms. The fourth-order valence-corrected chi connectivity index (χ4v) is 2.10. The van der Waals surface area contributed by atoms with Crippen molar-refractivity contribution >= 4 is 22.5 Å². The van der Waals surface area contributed by atoms with Gasteiger partial charge in [0.05, 0.1) is 5.52 Å². The molecule has 0 aliphatic heterocycles. The van der Waals surface area contributed by atoms with Crippen LogP contribution in [-0.2, 0) is 0 Å². The van der Waals surface area contributed by atoms with Crippen LogP contribution >= 0.6 is 11.6 Å². The van der Waals surface area contributed by atoms with Crippen LogP contribution in [0.3, 0.4) is 0 Å². The van der Waals surface area contributed by atoms with Crippen LogP contribution in [0.5, 0.6) is 11.5 Å². The number of hydrogen-bond donors (Lipinski definition) is 3. The van der Waals surface area contributed by atoms with Crippen LogP contribution in [0.15, 0.2) is 42.5 Å². The molecule has 90 valence electrons. The molecule has 0 spiro atoms. The Bertz CT molecular complexity index is 677. The van der Waals surface area contributed by atoms with Gasteiger partial charge in [-0.05, 0) is 35.9 Å². The predicted octanol–water partition coefficient (Wildman–Crippen LogP) is 3.90. The van der Waals surface area contributed by atoms with Gasteiger partial charge >= 0.3 is 0 Å². The fourth-order valence-electron chi connectivity index (χ4n) is 1.97. The van der Waals surface area contributed by atoms with Gasteiger partial charge in [-0.1, -0.05) is 23.7 Å². The zero-order valence-electron chi connectivity index (χ0n) is 9.31. The molecule has 3 aromatic rings. The minimum Gasteiger partial charge on any atom is -0.507 e. The summed E-state index contributed by atoms with van der Waals surface area (Å²) < 4.78 is 0. The van der Waals surface area contributed by atoms with Gasteiger partial charge in [-0.3, -0.25) is 0 Å². The number of H-pyrrole nitrogens is 1. The molecule has 3 nitrogen and oxygen atoms in total. The van der Waals surface area contributed by atoms with Crippen LogP contribution in [0.2, 0.25) is 5.02 Å². The Morgan fingerprint density at radius 1 is 0.889 bits per heavy atom. The number of hydrogen-bond acceptors (Lipinski definition) is 2. The minimum atomic E-state index is 0.114. The number of fused-ring (bicyclic) bond motifs is 1. The molecule has 1 heterocycles. The van der Waals surface area contributed by atoms with Crippen molar-refractivity contribution in [3.05, 3.63) is 47.5 Å². The largest absolute Gasteiger partial charge is 0.507 e. The van der Waals surface area contributed by atoms with Gasteiger partial charge in [0, 0.05) is 16.1 Å². The second kappa shape index (κ2) is 3.96. The maximum Gasteiger partial charge on any atom is 0.139 e. The second-order valence-electron chi connectivity index (χ2n) is 4.08. The van der Waals surface area contributed by atoms with Crippen LogP contribution in [0.25, 0.3) is 22.2 Å². The van der Waals surface area contributed by atoms with Crippen molar-refractivity contribution in [2.45, 2.75) is 0 Å². The summed E-state index contributed by atoms with van der Waals surface area (Å²) in [4.78, 5) is 3.09. The van der Waals surface area contributed by atoms with E-state index in [1.54, 1.807) is 18.2 Å². The van der Waals surface area contributed by atoms with E-state index in [0.29, 0.717) is 15.9 Å². The first-order chi connectivity index (χ1) is 8.65. The molecular weight excluding hydrogens is 250 g/mol. The van der Waals surface area contributed by atoms with E-state index in [1.807, 2.05) is 12.1 Å². The van der Waals surface area contributed by atoms with Crippen molar-refractivity contribution in [3.63, 3.8) is 0 Å². The van der Waals surface area contributed by atoms with E-state index in [2.05, 4.69) is 4.98 Å². The van der Waals surface area contributed by atoms with Crippen molar-refractivity contribution in [1.82, 2.24) is 4.98 Å². The normalized spacial score (nSPS) is 10.9. The smallest absolute Gasteiger partial charge is 0.139 e. The number of aromatic nitrogens is 1. The highest BCUT2D eigenvalue weighted by atomic mass is 35.5. The highest BCUT2D eigenvalue weighted by molar-refractivity contribution is 6.30. The van der Waals surface area contributed by atoms with E-state index in [1.165, 1.54) is 12.1 Å². The summed E-state index contributed by atoms with van der Waals surface area (Å²) in [6.45, 7) is 0. The van der Waals surface area contributed by atoms with Crippen molar-refractivity contribution in [1.29, 1.82) is 0 Å². The van der Waals surface area contributed by atoms with Gasteiger partial charge in [-0.2, -0.15) is 0 Å². The highest BCUT2D eigenvalue weighted by Gasteiger charge is 2.09. The molecule has 0 saturated carbocycles. The Balaban J connectivity index is 2.22. The van der Waals surface area contributed by atoms with Crippen LogP contribution in [0.1, 0.15) is 0 Å². The van der Waals surface area contributed by atoms with Crippen molar-refractivity contribution in [2.75, 3.05) is 0 Å². The Morgan fingerprint density at radius 3 is 2.22 bits per heavy atom. The zero-order chi connectivity index (χ0) is 12.7. The van der Waals surface area contributed by atoms with Gasteiger partial charge in [-0.25, -0.2) is 0 Å². The monoisotopic (exact) mass is 259 g/mol. The third-order valence-corrected chi connectivity index (χ3v) is 3.16. The Hall–Kier alpha value is -2.13. The molecule has 0 unspecified atom stereocenters. The van der Waals surface area contributed by atoms with Crippen molar-refractivity contribution < 1.29 is 10.2 Å². The first-order valence-electron chi connectivity index (χ1n) is 5.45. The van der Waals surface area contributed by atoms with E-state index in [9.17, 15) is 10.2 Å². The number of phenolic OH excluding ortho intramolecular Hbond substituents is 2. The van der Waals surface area contributed by atoms with Crippen LogP contribution in [0.4, 0.5) is 0 Å². The summed E-state index contributed by atoms with van der Waals surface area (Å²) in [7, 11) is 0. The van der Waals surface area contributed by atoms with Gasteiger partial charge in [0.1, 0.15) is 11.5 Å². The first kappa shape index (κ1) is 11.0. The first-order valence-corrected chi connectivity index (χ1v) is 5.82. The molecule has 0 saturated heterocycles. The summed E-state index contributed by atoms with van der Waals surface area (Å²) >= 11 is 5.84. The second-order valence-corrected chi connectivity index (χ2v) is 4.52. The lowest BCUT2D eigenvalue weighted by molar-refractivity contribution is 0.469. The molecule has 1 aromatic heterocycles. The number of aromatic amines is 1. The van der Waals surface area contributed by atoms with Crippen LogP contribution < -0.4 is 0 Å². The van der Waals surface area contributed by atoms with Gasteiger partial charge in [0.15, 0.2) is 0 Å². The van der Waals surface area contributed by atoms with Crippen LogP contribution in [0, 0.1) is 0 Å². The summed E-state index contributed by atoms with van der Waals surface area (Å²) in [6, 6.07) is 12.1. The van der Waals surface area contributed by atoms with Crippen molar-refractivity contribution in [3.8, 4) is 22.8 Å². The molecule has 0 amide bonds. The molecule has 3 rings (SSSR count). The average molecular weight is 260 g/mol. The van der Waals surface area contributed by atoms with Crippen LogP contribution in [-0.4, -0.2) is 15.2 Å². The maximum absolute atomic E-state index is 9.75. The maximum atomic E-state index is 9.75. The number of phenols is 2. The number of halogens is 1. The average Bonchev–Trinajstić information content (AvgIpc) is 2.81. The van der Waals surface area contributed by atoms with Gasteiger partial charge in [0.25, 0.3) is 0 Å². The molecule has 18 heavy (non-hydrogen) atoms. The lowest BCUT2D eigenvalue weighted by atomic mass is 10.1. The van der Waals surface area contributed by atoms with Gasteiger partial charge in [-0.15, -0.1) is 0 Å². The number of benzene rings is 2. The molecule has 0 bridgehead atoms. The Labute approximate surface area is 108 Å². The SMILES string of the molecule is Oc1ccc(O)c2[nH]c(-c3ccc(Cl)cc3)cc12. The highest BCUT2D eigenvalue weighted by Crippen LogP contribution is 2.35. The Morgan fingerprint density at radius 2 is 1.56 bits per heavy atom. The van der Waals surface area contributed by atoms with E-state index in [-0.39, 0.29) is 11.5 Å². The van der Waals surface area contributed by atoms with Gasteiger partial charge in [0.2, 0.25) is 0 Å². The molecule has 0 radical (unpaired) electrons. The summed E-state index contributed by atoms with van der Waals surface area (Å²) in [5.74, 6) is 0.252. The predicted molar refractivity (Wildman–Crippen MR) is 72.1 cm³/mol. The zero-order valence-corrected chi connectivity index (χ0v) is 10.1. The van der Waals surface area contributed by atoms with Crippen molar-refractivity contribution in [2.24, 2.45) is 0 Å². The minimum absolute atomic E-state index is 0.114. The lowest BCUT2D eigenvalue weighted by Gasteiger charge is -1.97. The summed E-state index contributed by atoms with van der Waals surface area (Å²) in [6.07, 6.45) is 0. The third-order valence-electron chi connectivity index (χ3n) is 2.90. The number of aromatic hydroxyl groups is 2.